The number of unbranched alkanes of at least 4 members (excludes halogenated alkanes) is 1. The molecule has 6 heteroatoms. The van der Waals surface area contributed by atoms with Crippen LogP contribution in [0.15, 0.2) is 40.1 Å². The van der Waals surface area contributed by atoms with E-state index in [0.717, 1.165) is 24.3 Å². The summed E-state index contributed by atoms with van der Waals surface area (Å²) in [7, 11) is 0. The predicted octanol–water partition coefficient (Wildman–Crippen LogP) is 6.10. The molecule has 0 heterocycles. The van der Waals surface area contributed by atoms with Gasteiger partial charge in [-0.3, -0.25) is 0 Å². The van der Waals surface area contributed by atoms with Crippen LogP contribution in [-0.2, 0) is 0 Å². The highest BCUT2D eigenvalue weighted by molar-refractivity contribution is 7.99. The van der Waals surface area contributed by atoms with E-state index in [9.17, 15) is 10.5 Å². The van der Waals surface area contributed by atoms with Gasteiger partial charge >= 0.3 is 0 Å². The summed E-state index contributed by atoms with van der Waals surface area (Å²) in [6.45, 7) is 2.82. The number of nitrogens with one attached hydrogen (secondary N) is 1. The Bertz CT molecular complexity index is 822. The van der Waals surface area contributed by atoms with Crippen molar-refractivity contribution < 1.29 is 0 Å². The van der Waals surface area contributed by atoms with E-state index in [2.05, 4.69) is 18.3 Å². The van der Waals surface area contributed by atoms with Gasteiger partial charge in [0.2, 0.25) is 0 Å². The first kappa shape index (κ1) is 18.5. The number of hydrogen-bond acceptors (Lipinski definition) is 4. The average molecular weight is 376 g/mol. The molecule has 0 saturated carbocycles. The van der Waals surface area contributed by atoms with Gasteiger partial charge in [-0.25, -0.2) is 0 Å². The number of halogens is 2. The van der Waals surface area contributed by atoms with Crippen molar-refractivity contribution in [2.24, 2.45) is 0 Å². The van der Waals surface area contributed by atoms with Gasteiger partial charge in [0.05, 0.1) is 26.9 Å². The fourth-order valence-electron chi connectivity index (χ4n) is 2.11. The maximum Gasteiger partial charge on any atom is 0.103 e. The van der Waals surface area contributed by atoms with Crippen LogP contribution in [-0.4, -0.2) is 6.54 Å². The Hall–Kier alpha value is -1.85. The zero-order valence-electron chi connectivity index (χ0n) is 13.1. The van der Waals surface area contributed by atoms with Crippen molar-refractivity contribution in [2.45, 2.75) is 29.6 Å². The fourth-order valence-corrected chi connectivity index (χ4v) is 3.59. The van der Waals surface area contributed by atoms with E-state index in [0.29, 0.717) is 15.6 Å². The van der Waals surface area contributed by atoms with Crippen molar-refractivity contribution in [1.29, 1.82) is 10.5 Å². The van der Waals surface area contributed by atoms with E-state index in [1.165, 1.54) is 11.8 Å². The molecule has 0 fully saturated rings. The number of nitrogens with zero attached hydrogens (tertiary/aromatic N) is 2. The van der Waals surface area contributed by atoms with Gasteiger partial charge in [0, 0.05) is 16.3 Å². The lowest BCUT2D eigenvalue weighted by Gasteiger charge is -2.14. The molecule has 0 atom stereocenters. The zero-order valence-corrected chi connectivity index (χ0v) is 15.4. The van der Waals surface area contributed by atoms with E-state index in [1.807, 2.05) is 30.3 Å². The second-order valence-electron chi connectivity index (χ2n) is 5.02. The molecule has 0 radical (unpaired) electrons. The largest absolute Gasteiger partial charge is 0.384 e. The highest BCUT2D eigenvalue weighted by atomic mass is 35.5. The predicted molar refractivity (Wildman–Crippen MR) is 99.9 cm³/mol. The molecule has 24 heavy (non-hydrogen) atoms. The van der Waals surface area contributed by atoms with E-state index in [4.69, 9.17) is 23.2 Å². The molecule has 0 aliphatic carbocycles. The minimum Gasteiger partial charge on any atom is -0.384 e. The van der Waals surface area contributed by atoms with Crippen LogP contribution in [0.3, 0.4) is 0 Å². The molecule has 2 aromatic carbocycles. The van der Waals surface area contributed by atoms with Crippen molar-refractivity contribution in [3.05, 3.63) is 51.5 Å². The summed E-state index contributed by atoms with van der Waals surface area (Å²) < 4.78 is 0. The summed E-state index contributed by atoms with van der Waals surface area (Å²) in [5, 5.41) is 23.0. The quantitative estimate of drug-likeness (QED) is 0.619. The number of anilines is 1. The average Bonchev–Trinajstić information content (AvgIpc) is 2.59. The summed E-state index contributed by atoms with van der Waals surface area (Å²) >= 11 is 13.9. The molecule has 0 spiro atoms. The topological polar surface area (TPSA) is 59.6 Å². The maximum atomic E-state index is 9.42. The van der Waals surface area contributed by atoms with E-state index >= 15 is 0 Å². The van der Waals surface area contributed by atoms with Crippen molar-refractivity contribution in [1.82, 2.24) is 0 Å². The number of hydrogen-bond donors (Lipinski definition) is 1. The third kappa shape index (κ3) is 4.16. The second-order valence-corrected chi connectivity index (χ2v) is 6.89. The first-order chi connectivity index (χ1) is 11.6. The molecule has 0 aromatic heterocycles. The molecule has 0 saturated heterocycles. The van der Waals surface area contributed by atoms with Crippen molar-refractivity contribution in [2.75, 3.05) is 11.9 Å². The van der Waals surface area contributed by atoms with Gasteiger partial charge in [0.25, 0.3) is 0 Å². The van der Waals surface area contributed by atoms with Crippen LogP contribution in [0.2, 0.25) is 10.0 Å². The monoisotopic (exact) mass is 375 g/mol. The van der Waals surface area contributed by atoms with E-state index in [1.54, 1.807) is 6.07 Å². The van der Waals surface area contributed by atoms with Crippen LogP contribution in [0, 0.1) is 22.7 Å². The third-order valence-electron chi connectivity index (χ3n) is 3.36. The minimum atomic E-state index is 0.190. The molecule has 122 valence electrons. The lowest BCUT2D eigenvalue weighted by Crippen LogP contribution is -2.05. The molecular weight excluding hydrogens is 361 g/mol. The van der Waals surface area contributed by atoms with Crippen molar-refractivity contribution in [3.63, 3.8) is 0 Å². The first-order valence-corrected chi connectivity index (χ1v) is 9.02. The molecule has 0 aliphatic heterocycles. The summed E-state index contributed by atoms with van der Waals surface area (Å²) in [5.41, 5.74) is 1.10. The van der Waals surface area contributed by atoms with Gasteiger partial charge in [-0.1, -0.05) is 60.4 Å². The Labute approximate surface area is 156 Å². The molecule has 2 aromatic rings. The summed E-state index contributed by atoms with van der Waals surface area (Å²) in [5.74, 6) is 0. The molecule has 0 unspecified atom stereocenters. The van der Waals surface area contributed by atoms with E-state index in [-0.39, 0.29) is 16.1 Å². The van der Waals surface area contributed by atoms with Gasteiger partial charge in [-0.2, -0.15) is 10.5 Å². The van der Waals surface area contributed by atoms with Crippen molar-refractivity contribution in [3.8, 4) is 12.1 Å². The van der Waals surface area contributed by atoms with Crippen molar-refractivity contribution >= 4 is 40.7 Å². The SMILES string of the molecule is CCCCNc1cc(Sc2ccccc2Cl)c(Cl)c(C#N)c1C#N. The Kier molecular flexibility index (Phi) is 6.82. The Morgan fingerprint density at radius 3 is 2.42 bits per heavy atom. The van der Waals surface area contributed by atoms with Crippen LogP contribution < -0.4 is 5.32 Å². The highest BCUT2D eigenvalue weighted by Crippen LogP contribution is 2.41. The van der Waals surface area contributed by atoms with E-state index < -0.39 is 0 Å². The zero-order chi connectivity index (χ0) is 17.5. The van der Waals surface area contributed by atoms with Gasteiger partial charge in [0.15, 0.2) is 0 Å². The fraction of sp³-hybridized carbons (Fsp3) is 0.222. The van der Waals surface area contributed by atoms with Gasteiger partial charge in [-0.15, -0.1) is 0 Å². The normalized spacial score (nSPS) is 10.0. The molecule has 0 amide bonds. The Morgan fingerprint density at radius 2 is 1.79 bits per heavy atom. The summed E-state index contributed by atoms with van der Waals surface area (Å²) in [6, 6.07) is 13.4. The Balaban J connectivity index is 2.48. The molecular formula is C18H15Cl2N3S. The second kappa shape index (κ2) is 8.85. The van der Waals surface area contributed by atoms with Crippen LogP contribution in [0.4, 0.5) is 5.69 Å². The van der Waals surface area contributed by atoms with Crippen LogP contribution in [0.25, 0.3) is 0 Å². The molecule has 2 rings (SSSR count). The lowest BCUT2D eigenvalue weighted by molar-refractivity contribution is 0.834. The number of rotatable bonds is 6. The first-order valence-electron chi connectivity index (χ1n) is 7.45. The molecule has 0 aliphatic rings. The van der Waals surface area contributed by atoms with Gasteiger partial charge in [-0.05, 0) is 24.6 Å². The molecule has 0 bridgehead atoms. The smallest absolute Gasteiger partial charge is 0.103 e. The standard InChI is InChI=1S/C18H15Cl2N3S/c1-2-3-8-23-15-9-17(18(20)13(11-22)12(15)10-21)24-16-7-5-4-6-14(16)19/h4-7,9,23H,2-3,8H2,1H3. The van der Waals surface area contributed by atoms with Crippen LogP contribution >= 0.6 is 35.0 Å². The highest BCUT2D eigenvalue weighted by Gasteiger charge is 2.18. The third-order valence-corrected chi connectivity index (χ3v) is 5.42. The molecule has 3 nitrogen and oxygen atoms in total. The van der Waals surface area contributed by atoms with Gasteiger partial charge < -0.3 is 5.32 Å². The Morgan fingerprint density at radius 1 is 1.08 bits per heavy atom. The number of nitriles is 2. The van der Waals surface area contributed by atoms with Crippen LogP contribution in [0.1, 0.15) is 30.9 Å². The summed E-state index contributed by atoms with van der Waals surface area (Å²) in [4.78, 5) is 1.54. The molecule has 1 N–H and O–H groups in total. The van der Waals surface area contributed by atoms with Crippen LogP contribution in [0.5, 0.6) is 0 Å². The maximum absolute atomic E-state index is 9.42. The number of benzene rings is 2. The van der Waals surface area contributed by atoms with Gasteiger partial charge in [0.1, 0.15) is 12.1 Å². The summed E-state index contributed by atoms with van der Waals surface area (Å²) in [6.07, 6.45) is 2.01. The minimum absolute atomic E-state index is 0.190. The lowest BCUT2D eigenvalue weighted by atomic mass is 10.1.